The van der Waals surface area contributed by atoms with Crippen molar-refractivity contribution in [2.45, 2.75) is 18.1 Å². The van der Waals surface area contributed by atoms with Gasteiger partial charge in [0.1, 0.15) is 11.7 Å². The lowest BCUT2D eigenvalue weighted by atomic mass is 9.78. The van der Waals surface area contributed by atoms with Gasteiger partial charge in [0.15, 0.2) is 0 Å². The van der Waals surface area contributed by atoms with Gasteiger partial charge in [-0.1, -0.05) is 66.7 Å². The van der Waals surface area contributed by atoms with Crippen LogP contribution in [0.2, 0.25) is 0 Å². The smallest absolute Gasteiger partial charge is 0.146 e. The molecule has 0 saturated carbocycles. The van der Waals surface area contributed by atoms with Gasteiger partial charge < -0.3 is 4.74 Å². The Kier molecular flexibility index (Phi) is 1.86. The van der Waals surface area contributed by atoms with Gasteiger partial charge in [-0.3, -0.25) is 0 Å². The van der Waals surface area contributed by atoms with E-state index in [1.807, 2.05) is 0 Å². The lowest BCUT2D eigenvalue weighted by Gasteiger charge is -2.22. The summed E-state index contributed by atoms with van der Waals surface area (Å²) in [5.41, 5.74) is 3.85. The number of hydrogen-bond donors (Lipinski definition) is 0. The van der Waals surface area contributed by atoms with Crippen molar-refractivity contribution in [1.29, 1.82) is 0 Å². The normalized spacial score (nSPS) is 26.3. The van der Waals surface area contributed by atoms with Crippen LogP contribution in [0.5, 0.6) is 0 Å². The van der Waals surface area contributed by atoms with Gasteiger partial charge in [-0.15, -0.1) is 0 Å². The molecule has 3 aromatic carbocycles. The van der Waals surface area contributed by atoms with E-state index in [2.05, 4.69) is 66.7 Å². The van der Waals surface area contributed by atoms with E-state index >= 15 is 0 Å². The van der Waals surface area contributed by atoms with Crippen LogP contribution in [0, 0.1) is 0 Å². The first kappa shape index (κ1) is 10.6. The molecule has 2 unspecified atom stereocenters. The molecule has 0 amide bonds. The molecule has 1 aliphatic carbocycles. The largest absolute Gasteiger partial charge is 0.355 e. The van der Waals surface area contributed by atoms with Crippen molar-refractivity contribution in [1.82, 2.24) is 0 Å². The molecule has 0 aromatic heterocycles. The minimum Gasteiger partial charge on any atom is -0.355 e. The molecule has 96 valence electrons. The zero-order valence-corrected chi connectivity index (χ0v) is 11.0. The van der Waals surface area contributed by atoms with E-state index in [0.717, 1.165) is 6.42 Å². The van der Waals surface area contributed by atoms with Gasteiger partial charge in [-0.05, 0) is 27.5 Å². The molecule has 2 atom stereocenters. The van der Waals surface area contributed by atoms with Crippen molar-refractivity contribution in [2.24, 2.45) is 0 Å². The zero-order chi connectivity index (χ0) is 13.2. The highest BCUT2D eigenvalue weighted by atomic mass is 16.6. The first-order valence-electron chi connectivity index (χ1n) is 7.14. The Morgan fingerprint density at radius 2 is 1.65 bits per heavy atom. The molecular weight excluding hydrogens is 244 g/mol. The molecular formula is C19H14O. The minimum atomic E-state index is -0.199. The Bertz CT molecular complexity index is 816. The van der Waals surface area contributed by atoms with Gasteiger partial charge in [0.25, 0.3) is 0 Å². The van der Waals surface area contributed by atoms with Crippen LogP contribution in [0.25, 0.3) is 10.8 Å². The molecule has 1 saturated heterocycles. The van der Waals surface area contributed by atoms with Gasteiger partial charge >= 0.3 is 0 Å². The third-order valence-electron chi connectivity index (χ3n) is 4.72. The third kappa shape index (κ3) is 1.17. The van der Waals surface area contributed by atoms with Gasteiger partial charge in [0.2, 0.25) is 0 Å². The summed E-state index contributed by atoms with van der Waals surface area (Å²) in [6.45, 7) is 0. The maximum atomic E-state index is 6.22. The van der Waals surface area contributed by atoms with Crippen LogP contribution in [0.15, 0.2) is 66.7 Å². The van der Waals surface area contributed by atoms with Crippen molar-refractivity contribution in [3.8, 4) is 0 Å². The van der Waals surface area contributed by atoms with Crippen LogP contribution in [0.3, 0.4) is 0 Å². The van der Waals surface area contributed by atoms with Crippen molar-refractivity contribution in [3.63, 3.8) is 0 Å². The highest BCUT2D eigenvalue weighted by Gasteiger charge is 2.61. The van der Waals surface area contributed by atoms with Crippen LogP contribution in [0.4, 0.5) is 0 Å². The molecule has 20 heavy (non-hydrogen) atoms. The molecule has 1 heterocycles. The number of benzene rings is 3. The van der Waals surface area contributed by atoms with E-state index in [4.69, 9.17) is 4.74 Å². The molecule has 2 aliphatic rings. The number of fused-ring (bicyclic) bond motifs is 2. The van der Waals surface area contributed by atoms with Gasteiger partial charge in [-0.25, -0.2) is 0 Å². The zero-order valence-electron chi connectivity index (χ0n) is 11.0. The van der Waals surface area contributed by atoms with E-state index in [1.165, 1.54) is 27.5 Å². The fourth-order valence-corrected chi connectivity index (χ4v) is 3.81. The van der Waals surface area contributed by atoms with E-state index in [1.54, 1.807) is 0 Å². The summed E-state index contributed by atoms with van der Waals surface area (Å²) in [5.74, 6) is 0. The summed E-state index contributed by atoms with van der Waals surface area (Å²) in [6, 6.07) is 23.8. The first-order valence-corrected chi connectivity index (χ1v) is 7.14. The molecule has 0 N–H and O–H groups in total. The molecule has 3 aromatic rings. The van der Waals surface area contributed by atoms with Crippen molar-refractivity contribution in [3.05, 3.63) is 83.4 Å². The summed E-state index contributed by atoms with van der Waals surface area (Å²) in [6.07, 6.45) is 1.31. The maximum absolute atomic E-state index is 6.22. The molecule has 5 rings (SSSR count). The third-order valence-corrected chi connectivity index (χ3v) is 4.72. The molecule has 1 heteroatoms. The maximum Gasteiger partial charge on any atom is 0.146 e. The van der Waals surface area contributed by atoms with Gasteiger partial charge in [0.05, 0.1) is 0 Å². The fourth-order valence-electron chi connectivity index (χ4n) is 3.81. The van der Waals surface area contributed by atoms with Crippen LogP contribution < -0.4 is 0 Å². The molecule has 0 radical (unpaired) electrons. The standard InChI is InChI=1S/C19H14O/c1-2-9-15(10-3-1)19-16-11-5-7-13-6-4-8-14(18(13)16)12-17(19)20-19/h1-11,17H,12H2. The number of hydrogen-bond acceptors (Lipinski definition) is 1. The molecule has 0 bridgehead atoms. The lowest BCUT2D eigenvalue weighted by molar-refractivity contribution is 0.330. The highest BCUT2D eigenvalue weighted by Crippen LogP contribution is 2.57. The van der Waals surface area contributed by atoms with Crippen LogP contribution in [0.1, 0.15) is 16.7 Å². The van der Waals surface area contributed by atoms with Crippen molar-refractivity contribution >= 4 is 10.8 Å². The lowest BCUT2D eigenvalue weighted by Crippen LogP contribution is -2.21. The Hall–Kier alpha value is -2.12. The number of rotatable bonds is 1. The summed E-state index contributed by atoms with van der Waals surface area (Å²) in [7, 11) is 0. The molecule has 1 nitrogen and oxygen atoms in total. The molecule has 1 fully saturated rings. The second-order valence-electron chi connectivity index (χ2n) is 5.73. The van der Waals surface area contributed by atoms with Crippen LogP contribution >= 0.6 is 0 Å². The average molecular weight is 258 g/mol. The summed E-state index contributed by atoms with van der Waals surface area (Å²) < 4.78 is 6.22. The van der Waals surface area contributed by atoms with Gasteiger partial charge in [0, 0.05) is 6.42 Å². The highest BCUT2D eigenvalue weighted by molar-refractivity contribution is 5.92. The Morgan fingerprint density at radius 3 is 2.50 bits per heavy atom. The van der Waals surface area contributed by atoms with Crippen LogP contribution in [-0.2, 0) is 16.8 Å². The van der Waals surface area contributed by atoms with E-state index in [0.29, 0.717) is 6.10 Å². The second kappa shape index (κ2) is 3.50. The predicted octanol–water partition coefficient (Wildman–Crippen LogP) is 4.04. The Morgan fingerprint density at radius 1 is 0.850 bits per heavy atom. The quantitative estimate of drug-likeness (QED) is 0.600. The predicted molar refractivity (Wildman–Crippen MR) is 79.7 cm³/mol. The fraction of sp³-hybridized carbons (Fsp3) is 0.158. The minimum absolute atomic E-state index is 0.199. The number of epoxide rings is 1. The summed E-state index contributed by atoms with van der Waals surface area (Å²) >= 11 is 0. The SMILES string of the molecule is c1ccc(C23OC2Cc2cccc4cccc3c24)cc1. The van der Waals surface area contributed by atoms with Gasteiger partial charge in [-0.2, -0.15) is 0 Å². The summed E-state index contributed by atoms with van der Waals surface area (Å²) in [5, 5.41) is 2.72. The topological polar surface area (TPSA) is 12.5 Å². The molecule has 0 spiro atoms. The van der Waals surface area contributed by atoms with Crippen molar-refractivity contribution < 1.29 is 4.74 Å². The Labute approximate surface area is 117 Å². The monoisotopic (exact) mass is 258 g/mol. The van der Waals surface area contributed by atoms with Crippen molar-refractivity contribution in [2.75, 3.05) is 0 Å². The number of ether oxygens (including phenoxy) is 1. The average Bonchev–Trinajstić information content (AvgIpc) is 3.25. The van der Waals surface area contributed by atoms with E-state index in [-0.39, 0.29) is 5.60 Å². The first-order chi connectivity index (χ1) is 9.89. The van der Waals surface area contributed by atoms with Crippen LogP contribution in [-0.4, -0.2) is 6.10 Å². The van der Waals surface area contributed by atoms with E-state index < -0.39 is 0 Å². The molecule has 1 aliphatic heterocycles. The van der Waals surface area contributed by atoms with E-state index in [9.17, 15) is 0 Å². The Balaban J connectivity index is 1.86. The second-order valence-corrected chi connectivity index (χ2v) is 5.73. The summed E-state index contributed by atoms with van der Waals surface area (Å²) in [4.78, 5) is 0.